The fourth-order valence-electron chi connectivity index (χ4n) is 4.52. The molecule has 0 fully saturated rings. The molecule has 0 spiro atoms. The maximum absolute atomic E-state index is 4.80. The van der Waals surface area contributed by atoms with Gasteiger partial charge >= 0.3 is 0 Å². The first-order valence-electron chi connectivity index (χ1n) is 12.0. The first kappa shape index (κ1) is 21.8. The molecule has 0 N–H and O–H groups in total. The fraction of sp³-hybridized carbons (Fsp3) is 0.0625. The highest BCUT2D eigenvalue weighted by atomic mass is 15.1. The van der Waals surface area contributed by atoms with Crippen LogP contribution in [0, 0.1) is 13.8 Å². The molecule has 4 heteroatoms. The highest BCUT2D eigenvalue weighted by Gasteiger charge is 2.22. The number of nitrogens with zero attached hydrogens (tertiary/aromatic N) is 4. The van der Waals surface area contributed by atoms with Crippen molar-refractivity contribution in [3.63, 3.8) is 0 Å². The topological polar surface area (TPSA) is 51.6 Å². The van der Waals surface area contributed by atoms with Crippen LogP contribution in [-0.2, 0) is 0 Å². The molecule has 2 aromatic heterocycles. The predicted molar refractivity (Wildman–Crippen MR) is 146 cm³/mol. The van der Waals surface area contributed by atoms with Crippen LogP contribution in [0.15, 0.2) is 109 Å². The van der Waals surface area contributed by atoms with Crippen molar-refractivity contribution in [2.45, 2.75) is 13.8 Å². The highest BCUT2D eigenvalue weighted by Crippen LogP contribution is 2.41. The smallest absolute Gasteiger partial charge is 0.103 e. The molecule has 0 aliphatic carbocycles. The van der Waals surface area contributed by atoms with Gasteiger partial charge in [-0.3, -0.25) is 0 Å². The van der Waals surface area contributed by atoms with Crippen LogP contribution >= 0.6 is 0 Å². The Bertz CT molecular complexity index is 1530. The summed E-state index contributed by atoms with van der Waals surface area (Å²) in [6.07, 6.45) is 0. The number of fused-ring (bicyclic) bond motifs is 1. The standard InChI is InChI=1S/C32H24N4/c1-21-13-17-25(18-14-21)31-27-28(30(33-35-31)24-11-7-4-8-12-24)32(26-19-15-22(2)16-20-26)36-34-29(27)23-9-5-3-6-10-23/h3-20H,1-2H3. The van der Waals surface area contributed by atoms with E-state index in [1.165, 1.54) is 11.1 Å². The van der Waals surface area contributed by atoms with E-state index in [9.17, 15) is 0 Å². The molecule has 0 aliphatic heterocycles. The van der Waals surface area contributed by atoms with Gasteiger partial charge in [0.15, 0.2) is 0 Å². The second-order valence-corrected chi connectivity index (χ2v) is 9.01. The summed E-state index contributed by atoms with van der Waals surface area (Å²) < 4.78 is 0. The van der Waals surface area contributed by atoms with E-state index in [-0.39, 0.29) is 0 Å². The fourth-order valence-corrected chi connectivity index (χ4v) is 4.52. The average Bonchev–Trinajstić information content (AvgIpc) is 2.94. The molecule has 0 atom stereocenters. The first-order chi connectivity index (χ1) is 17.7. The summed E-state index contributed by atoms with van der Waals surface area (Å²) in [5, 5.41) is 21.1. The molecule has 0 aliphatic rings. The van der Waals surface area contributed by atoms with E-state index in [4.69, 9.17) is 20.4 Å². The zero-order valence-electron chi connectivity index (χ0n) is 20.2. The Morgan fingerprint density at radius 2 is 0.611 bits per heavy atom. The van der Waals surface area contributed by atoms with E-state index in [1.54, 1.807) is 0 Å². The lowest BCUT2D eigenvalue weighted by atomic mass is 9.94. The third-order valence-corrected chi connectivity index (χ3v) is 6.44. The third kappa shape index (κ3) is 3.93. The van der Waals surface area contributed by atoms with Gasteiger partial charge in [-0.05, 0) is 13.8 Å². The van der Waals surface area contributed by atoms with Crippen LogP contribution in [0.2, 0.25) is 0 Å². The molecule has 0 saturated heterocycles. The highest BCUT2D eigenvalue weighted by molar-refractivity contribution is 6.13. The van der Waals surface area contributed by atoms with Gasteiger partial charge in [-0.2, -0.15) is 0 Å². The van der Waals surface area contributed by atoms with E-state index in [0.29, 0.717) is 0 Å². The molecule has 172 valence electrons. The predicted octanol–water partition coefficient (Wildman–Crippen LogP) is 7.70. The number of aryl methyl sites for hydroxylation is 2. The lowest BCUT2D eigenvalue weighted by Gasteiger charge is -2.16. The summed E-state index contributed by atoms with van der Waals surface area (Å²) in [5.41, 5.74) is 9.56. The van der Waals surface area contributed by atoms with Crippen LogP contribution < -0.4 is 0 Å². The number of hydrogen-bond acceptors (Lipinski definition) is 4. The Kier molecular flexibility index (Phi) is 5.55. The molecule has 0 bridgehead atoms. The van der Waals surface area contributed by atoms with Gasteiger partial charge in [0.25, 0.3) is 0 Å². The zero-order valence-corrected chi connectivity index (χ0v) is 20.2. The second kappa shape index (κ2) is 9.16. The van der Waals surface area contributed by atoms with Crippen molar-refractivity contribution >= 4 is 10.8 Å². The third-order valence-electron chi connectivity index (χ3n) is 6.44. The molecule has 0 unspecified atom stereocenters. The van der Waals surface area contributed by atoms with Crippen molar-refractivity contribution < 1.29 is 0 Å². The van der Waals surface area contributed by atoms with Crippen molar-refractivity contribution in [1.29, 1.82) is 0 Å². The van der Waals surface area contributed by atoms with Crippen molar-refractivity contribution in [1.82, 2.24) is 20.4 Å². The largest absolute Gasteiger partial charge is 0.149 e. The van der Waals surface area contributed by atoms with E-state index in [0.717, 1.165) is 55.8 Å². The summed E-state index contributed by atoms with van der Waals surface area (Å²) >= 11 is 0. The van der Waals surface area contributed by atoms with Crippen molar-refractivity contribution in [2.75, 3.05) is 0 Å². The van der Waals surface area contributed by atoms with Gasteiger partial charge in [0, 0.05) is 33.0 Å². The lowest BCUT2D eigenvalue weighted by Crippen LogP contribution is -2.02. The normalized spacial score (nSPS) is 11.1. The van der Waals surface area contributed by atoms with Gasteiger partial charge in [-0.15, -0.1) is 20.4 Å². The minimum atomic E-state index is 0.795. The summed E-state index contributed by atoms with van der Waals surface area (Å²) in [5.74, 6) is 0. The summed E-state index contributed by atoms with van der Waals surface area (Å²) in [6.45, 7) is 4.17. The van der Waals surface area contributed by atoms with E-state index in [2.05, 4.69) is 86.6 Å². The Morgan fingerprint density at radius 3 is 0.917 bits per heavy atom. The molecule has 36 heavy (non-hydrogen) atoms. The van der Waals surface area contributed by atoms with Gasteiger partial charge in [0.1, 0.15) is 22.8 Å². The quantitative estimate of drug-likeness (QED) is 0.268. The molecule has 2 heterocycles. The van der Waals surface area contributed by atoms with Gasteiger partial charge in [-0.25, -0.2) is 0 Å². The van der Waals surface area contributed by atoms with E-state index < -0.39 is 0 Å². The van der Waals surface area contributed by atoms with Crippen molar-refractivity contribution in [2.24, 2.45) is 0 Å². The van der Waals surface area contributed by atoms with Crippen LogP contribution in [0.4, 0.5) is 0 Å². The Morgan fingerprint density at radius 1 is 0.333 bits per heavy atom. The van der Waals surface area contributed by atoms with E-state index in [1.807, 2.05) is 36.4 Å². The Hall–Kier alpha value is -4.70. The number of hydrogen-bond donors (Lipinski definition) is 0. The second-order valence-electron chi connectivity index (χ2n) is 9.01. The summed E-state index contributed by atoms with van der Waals surface area (Å²) in [4.78, 5) is 0. The van der Waals surface area contributed by atoms with Gasteiger partial charge in [0.2, 0.25) is 0 Å². The van der Waals surface area contributed by atoms with Gasteiger partial charge < -0.3 is 0 Å². The SMILES string of the molecule is Cc1ccc(-c2nnc(-c3ccccc3)c3c(-c4ccc(C)cc4)nnc(-c4ccccc4)c23)cc1. The molecular weight excluding hydrogens is 440 g/mol. The molecular formula is C32H24N4. The number of aromatic nitrogens is 4. The lowest BCUT2D eigenvalue weighted by molar-refractivity contribution is 1.03. The molecule has 0 radical (unpaired) electrons. The molecule has 6 rings (SSSR count). The Balaban J connectivity index is 1.78. The molecule has 6 aromatic rings. The van der Waals surface area contributed by atoms with Crippen molar-refractivity contribution in [3.8, 4) is 45.0 Å². The van der Waals surface area contributed by atoms with Gasteiger partial charge in [0.05, 0.1) is 0 Å². The first-order valence-corrected chi connectivity index (χ1v) is 12.0. The number of benzene rings is 4. The monoisotopic (exact) mass is 464 g/mol. The van der Waals surface area contributed by atoms with Crippen LogP contribution in [-0.4, -0.2) is 20.4 Å². The molecule has 4 aromatic carbocycles. The minimum absolute atomic E-state index is 0.795. The Labute approximate surface area is 210 Å². The van der Waals surface area contributed by atoms with Crippen LogP contribution in [0.1, 0.15) is 11.1 Å². The molecule has 4 nitrogen and oxygen atoms in total. The average molecular weight is 465 g/mol. The molecule has 0 saturated carbocycles. The zero-order chi connectivity index (χ0) is 24.5. The van der Waals surface area contributed by atoms with Crippen LogP contribution in [0.3, 0.4) is 0 Å². The maximum Gasteiger partial charge on any atom is 0.103 e. The van der Waals surface area contributed by atoms with Crippen molar-refractivity contribution in [3.05, 3.63) is 120 Å². The summed E-state index contributed by atoms with van der Waals surface area (Å²) in [7, 11) is 0. The number of rotatable bonds is 4. The van der Waals surface area contributed by atoms with E-state index >= 15 is 0 Å². The van der Waals surface area contributed by atoms with Crippen LogP contribution in [0.25, 0.3) is 55.8 Å². The maximum atomic E-state index is 4.80. The summed E-state index contributed by atoms with van der Waals surface area (Å²) in [6, 6.07) is 37.2. The van der Waals surface area contributed by atoms with Crippen LogP contribution in [0.5, 0.6) is 0 Å². The van der Waals surface area contributed by atoms with Gasteiger partial charge in [-0.1, -0.05) is 120 Å². The molecule has 0 amide bonds. The minimum Gasteiger partial charge on any atom is -0.149 e.